The van der Waals surface area contributed by atoms with E-state index in [1.54, 1.807) is 20.3 Å². The van der Waals surface area contributed by atoms with Crippen LogP contribution in [0.2, 0.25) is 0 Å². The fraction of sp³-hybridized carbons (Fsp3) is 0.440. The number of halogens is 3. The second kappa shape index (κ2) is 10.7. The Morgan fingerprint density at radius 2 is 1.71 bits per heavy atom. The number of nitrogens with zero attached hydrogens (tertiary/aromatic N) is 3. The van der Waals surface area contributed by atoms with Gasteiger partial charge in [-0.1, -0.05) is 55.3 Å². The molecule has 1 aliphatic rings. The van der Waals surface area contributed by atoms with Crippen LogP contribution in [0.15, 0.2) is 47.6 Å². The molecule has 1 heterocycles. The third kappa shape index (κ3) is 5.68. The smallest absolute Gasteiger partial charge is 0.416 e. The zero-order chi connectivity index (χ0) is 24.1. The number of hydrogen-bond acceptors (Lipinski definition) is 5. The maximum absolute atomic E-state index is 13.1. The quantitative estimate of drug-likeness (QED) is 0.328. The number of thioether (sulfide) groups is 1. The minimum atomic E-state index is -4.35. The summed E-state index contributed by atoms with van der Waals surface area (Å²) in [5.74, 6) is 2.57. The van der Waals surface area contributed by atoms with Crippen LogP contribution in [0.3, 0.4) is 0 Å². The maximum Gasteiger partial charge on any atom is 0.416 e. The van der Waals surface area contributed by atoms with E-state index in [0.717, 1.165) is 48.3 Å². The largest absolute Gasteiger partial charge is 0.493 e. The standard InChI is InChI=1S/C25H28F3N3O2S/c1-32-21-12-11-17(14-22(21)33-2)15-23-29-30-24(31(23)20-9-4-3-5-10-20)34-16-18-7-6-8-19(13-18)25(26,27)28/h6-8,11-14,20H,3-5,9-10,15-16H2,1-2H3. The van der Waals surface area contributed by atoms with Crippen LogP contribution in [-0.4, -0.2) is 29.0 Å². The lowest BCUT2D eigenvalue weighted by Crippen LogP contribution is -2.17. The first kappa shape index (κ1) is 24.4. The third-order valence-corrected chi connectivity index (χ3v) is 7.12. The lowest BCUT2D eigenvalue weighted by Gasteiger charge is -2.25. The second-order valence-electron chi connectivity index (χ2n) is 8.41. The van der Waals surface area contributed by atoms with Crippen LogP contribution in [0.5, 0.6) is 11.5 Å². The van der Waals surface area contributed by atoms with Crippen LogP contribution in [-0.2, 0) is 18.3 Å². The van der Waals surface area contributed by atoms with E-state index in [4.69, 9.17) is 9.47 Å². The molecular formula is C25H28F3N3O2S. The van der Waals surface area contributed by atoms with Crippen molar-refractivity contribution in [2.75, 3.05) is 14.2 Å². The summed E-state index contributed by atoms with van der Waals surface area (Å²) in [6, 6.07) is 11.6. The van der Waals surface area contributed by atoms with Gasteiger partial charge in [0.2, 0.25) is 0 Å². The number of methoxy groups -OCH3 is 2. The van der Waals surface area contributed by atoms with E-state index in [-0.39, 0.29) is 0 Å². The number of ether oxygens (including phenoxy) is 2. The first-order valence-corrected chi connectivity index (χ1v) is 12.3. The number of benzene rings is 2. The Hall–Kier alpha value is -2.68. The number of aromatic nitrogens is 3. The van der Waals surface area contributed by atoms with Crippen molar-refractivity contribution in [1.29, 1.82) is 0 Å². The van der Waals surface area contributed by atoms with Gasteiger partial charge in [-0.25, -0.2) is 0 Å². The molecular weight excluding hydrogens is 463 g/mol. The monoisotopic (exact) mass is 491 g/mol. The highest BCUT2D eigenvalue weighted by molar-refractivity contribution is 7.98. The van der Waals surface area contributed by atoms with Gasteiger partial charge in [0, 0.05) is 18.2 Å². The summed E-state index contributed by atoms with van der Waals surface area (Å²) >= 11 is 1.44. The molecule has 1 saturated carbocycles. The fourth-order valence-electron chi connectivity index (χ4n) is 4.39. The zero-order valence-electron chi connectivity index (χ0n) is 19.3. The average Bonchev–Trinajstić information content (AvgIpc) is 3.25. The van der Waals surface area contributed by atoms with E-state index in [2.05, 4.69) is 14.8 Å². The summed E-state index contributed by atoms with van der Waals surface area (Å²) in [6.45, 7) is 0. The highest BCUT2D eigenvalue weighted by Crippen LogP contribution is 2.36. The minimum Gasteiger partial charge on any atom is -0.493 e. The Balaban J connectivity index is 1.59. The lowest BCUT2D eigenvalue weighted by atomic mass is 9.95. The van der Waals surface area contributed by atoms with Crippen LogP contribution in [0.25, 0.3) is 0 Å². The molecule has 5 nitrogen and oxygen atoms in total. The molecule has 1 aromatic heterocycles. The SMILES string of the molecule is COc1ccc(Cc2nnc(SCc3cccc(C(F)(F)F)c3)n2C2CCCCC2)cc1OC. The molecule has 0 N–H and O–H groups in total. The highest BCUT2D eigenvalue weighted by atomic mass is 32.2. The normalized spacial score (nSPS) is 14.9. The van der Waals surface area contributed by atoms with Crippen molar-refractivity contribution in [3.8, 4) is 11.5 Å². The predicted molar refractivity (Wildman–Crippen MR) is 126 cm³/mol. The molecule has 0 spiro atoms. The van der Waals surface area contributed by atoms with Gasteiger partial charge >= 0.3 is 6.18 Å². The molecule has 1 fully saturated rings. The molecule has 0 radical (unpaired) electrons. The Morgan fingerprint density at radius 1 is 0.941 bits per heavy atom. The van der Waals surface area contributed by atoms with Crippen molar-refractivity contribution in [3.63, 3.8) is 0 Å². The molecule has 9 heteroatoms. The molecule has 0 atom stereocenters. The van der Waals surface area contributed by atoms with Crippen LogP contribution in [0, 0.1) is 0 Å². The average molecular weight is 492 g/mol. The van der Waals surface area contributed by atoms with Crippen LogP contribution in [0.1, 0.15) is 60.7 Å². The summed E-state index contributed by atoms with van der Waals surface area (Å²) in [4.78, 5) is 0. The van der Waals surface area contributed by atoms with E-state index in [9.17, 15) is 13.2 Å². The van der Waals surface area contributed by atoms with Gasteiger partial charge in [0.25, 0.3) is 0 Å². The number of hydrogen-bond donors (Lipinski definition) is 0. The third-order valence-electron chi connectivity index (χ3n) is 6.11. The van der Waals surface area contributed by atoms with Gasteiger partial charge in [0.1, 0.15) is 5.82 Å². The second-order valence-corrected chi connectivity index (χ2v) is 9.36. The molecule has 3 aromatic rings. The summed E-state index contributed by atoms with van der Waals surface area (Å²) < 4.78 is 52.3. The Bertz CT molecular complexity index is 1110. The van der Waals surface area contributed by atoms with E-state index in [1.807, 2.05) is 18.2 Å². The topological polar surface area (TPSA) is 49.2 Å². The van der Waals surface area contributed by atoms with Crippen molar-refractivity contribution >= 4 is 11.8 Å². The van der Waals surface area contributed by atoms with Crippen molar-refractivity contribution < 1.29 is 22.6 Å². The molecule has 1 aliphatic carbocycles. The van der Waals surface area contributed by atoms with E-state index >= 15 is 0 Å². The lowest BCUT2D eigenvalue weighted by molar-refractivity contribution is -0.137. The maximum atomic E-state index is 13.1. The van der Waals surface area contributed by atoms with Crippen molar-refractivity contribution in [1.82, 2.24) is 14.8 Å². The summed E-state index contributed by atoms with van der Waals surface area (Å²) in [7, 11) is 3.21. The van der Waals surface area contributed by atoms with Gasteiger partial charge in [-0.05, 0) is 42.2 Å². The molecule has 2 aromatic carbocycles. The van der Waals surface area contributed by atoms with Gasteiger partial charge in [-0.2, -0.15) is 13.2 Å². The van der Waals surface area contributed by atoms with Crippen molar-refractivity contribution in [2.45, 2.75) is 61.7 Å². The summed E-state index contributed by atoms with van der Waals surface area (Å²) in [6.07, 6.45) is 1.84. The van der Waals surface area contributed by atoms with Gasteiger partial charge in [-0.15, -0.1) is 10.2 Å². The first-order valence-electron chi connectivity index (χ1n) is 11.3. The number of alkyl halides is 3. The van der Waals surface area contributed by atoms with Crippen LogP contribution < -0.4 is 9.47 Å². The van der Waals surface area contributed by atoms with E-state index < -0.39 is 11.7 Å². The summed E-state index contributed by atoms with van der Waals surface area (Å²) in [5, 5.41) is 9.69. The fourth-order valence-corrected chi connectivity index (χ4v) is 5.36. The molecule has 0 saturated heterocycles. The van der Waals surface area contributed by atoms with Crippen LogP contribution in [0.4, 0.5) is 13.2 Å². The molecule has 182 valence electrons. The number of rotatable bonds is 8. The first-order chi connectivity index (χ1) is 16.4. The van der Waals surface area contributed by atoms with Gasteiger partial charge < -0.3 is 14.0 Å². The van der Waals surface area contributed by atoms with Crippen LogP contribution >= 0.6 is 11.8 Å². The van der Waals surface area contributed by atoms with Crippen molar-refractivity contribution in [2.24, 2.45) is 0 Å². The Morgan fingerprint density at radius 3 is 2.41 bits per heavy atom. The van der Waals surface area contributed by atoms with E-state index in [1.165, 1.54) is 30.3 Å². The molecule has 34 heavy (non-hydrogen) atoms. The molecule has 4 rings (SSSR count). The molecule has 0 aliphatic heterocycles. The summed E-state index contributed by atoms with van der Waals surface area (Å²) in [5.41, 5.74) is 1.00. The molecule has 0 amide bonds. The minimum absolute atomic E-state index is 0.294. The van der Waals surface area contributed by atoms with Gasteiger partial charge in [0.05, 0.1) is 19.8 Å². The Kier molecular flexibility index (Phi) is 7.70. The van der Waals surface area contributed by atoms with E-state index in [0.29, 0.717) is 35.3 Å². The van der Waals surface area contributed by atoms with Crippen molar-refractivity contribution in [3.05, 3.63) is 65.0 Å². The van der Waals surface area contributed by atoms with Gasteiger partial charge in [0.15, 0.2) is 16.7 Å². The molecule has 0 bridgehead atoms. The molecule has 0 unspecified atom stereocenters. The Labute approximate surface area is 201 Å². The zero-order valence-corrected chi connectivity index (χ0v) is 20.1. The van der Waals surface area contributed by atoms with Gasteiger partial charge in [-0.3, -0.25) is 0 Å². The predicted octanol–water partition coefficient (Wildman–Crippen LogP) is 6.70. The highest BCUT2D eigenvalue weighted by Gasteiger charge is 2.30.